The largest absolute Gasteiger partial charge is 0.133 e. The van der Waals surface area contributed by atoms with Gasteiger partial charge in [0.05, 0.1) is 2.88 Å². The van der Waals surface area contributed by atoms with Crippen LogP contribution in [0.1, 0.15) is 11.8 Å². The first kappa shape index (κ1) is 8.26. The highest BCUT2D eigenvalue weighted by molar-refractivity contribution is 14.1. The zero-order valence-electron chi connectivity index (χ0n) is 4.82. The molecule has 0 amide bonds. The summed E-state index contributed by atoms with van der Waals surface area (Å²) >= 11 is 6.55. The Balaban J connectivity index is 2.98. The van der Waals surface area contributed by atoms with Gasteiger partial charge in [-0.15, -0.1) is 11.3 Å². The summed E-state index contributed by atoms with van der Waals surface area (Å²) in [5.41, 5.74) is 0. The van der Waals surface area contributed by atoms with Crippen molar-refractivity contribution in [1.82, 2.24) is 0 Å². The van der Waals surface area contributed by atoms with Crippen molar-refractivity contribution >= 4 is 56.5 Å². The Morgan fingerprint density at radius 1 is 1.56 bits per heavy atom. The topological polar surface area (TPSA) is 0 Å². The summed E-state index contributed by atoms with van der Waals surface area (Å²) in [7, 11) is 0. The third kappa shape index (κ3) is 2.04. The van der Waals surface area contributed by atoms with E-state index in [1.807, 2.05) is 11.3 Å². The summed E-state index contributed by atoms with van der Waals surface area (Å²) in [6.07, 6.45) is 2.13. The van der Waals surface area contributed by atoms with Crippen molar-refractivity contribution in [2.75, 3.05) is 0 Å². The summed E-state index contributed by atoms with van der Waals surface area (Å²) in [5, 5.41) is 0. The second-order valence-electron chi connectivity index (χ2n) is 1.56. The Morgan fingerprint density at radius 2 is 2.22 bits per heavy atom. The number of rotatable bonds is 1. The van der Waals surface area contributed by atoms with E-state index >= 15 is 0 Å². The molecule has 49 valence electrons. The molecule has 0 bridgehead atoms. The van der Waals surface area contributed by atoms with Crippen LogP contribution >= 0.6 is 56.5 Å². The van der Waals surface area contributed by atoms with Gasteiger partial charge >= 0.3 is 0 Å². The summed E-state index contributed by atoms with van der Waals surface area (Å²) < 4.78 is 2.76. The zero-order valence-corrected chi connectivity index (χ0v) is 9.95. The van der Waals surface area contributed by atoms with Gasteiger partial charge in [-0.25, -0.2) is 0 Å². The van der Waals surface area contributed by atoms with Crippen LogP contribution in [0, 0.1) is 12.9 Å². The number of halogens is 2. The number of thiophene rings is 1. The minimum Gasteiger partial charge on any atom is -0.133 e. The summed E-state index contributed by atoms with van der Waals surface area (Å²) in [6, 6.07) is 2.20. The van der Waals surface area contributed by atoms with Gasteiger partial charge < -0.3 is 0 Å². The molecule has 0 spiro atoms. The maximum atomic E-state index is 2.36. The van der Waals surface area contributed by atoms with Gasteiger partial charge in [0.15, 0.2) is 0 Å². The average molecular weight is 363 g/mol. The minimum absolute atomic E-state index is 1.36. The molecule has 1 heterocycles. The van der Waals surface area contributed by atoms with E-state index in [0.717, 1.165) is 0 Å². The van der Waals surface area contributed by atoms with Crippen molar-refractivity contribution in [2.45, 2.75) is 6.92 Å². The van der Waals surface area contributed by atoms with Crippen LogP contribution in [0.15, 0.2) is 6.07 Å². The quantitative estimate of drug-likeness (QED) is 0.670. The predicted octanol–water partition coefficient (Wildman–Crippen LogP) is 3.53. The fourth-order valence-corrected chi connectivity index (χ4v) is 2.96. The highest BCUT2D eigenvalue weighted by Gasteiger charge is 2.00. The smallest absolute Gasteiger partial charge is 0.0789 e. The van der Waals surface area contributed by atoms with Crippen LogP contribution < -0.4 is 0 Å². The van der Waals surface area contributed by atoms with E-state index in [-0.39, 0.29) is 0 Å². The van der Waals surface area contributed by atoms with Gasteiger partial charge in [-0.05, 0) is 57.7 Å². The number of hydrogen-bond acceptors (Lipinski definition) is 1. The van der Waals surface area contributed by atoms with Crippen molar-refractivity contribution in [3.8, 4) is 0 Å². The average Bonchev–Trinajstić information content (AvgIpc) is 2.13. The predicted molar refractivity (Wildman–Crippen MR) is 58.8 cm³/mol. The maximum absolute atomic E-state index is 2.36. The van der Waals surface area contributed by atoms with Gasteiger partial charge in [0.2, 0.25) is 0 Å². The lowest BCUT2D eigenvalue weighted by Gasteiger charge is -1.79. The molecule has 0 aromatic carbocycles. The van der Waals surface area contributed by atoms with Gasteiger partial charge in [0, 0.05) is 8.45 Å². The third-order valence-corrected chi connectivity index (χ3v) is 5.43. The summed E-state index contributed by atoms with van der Waals surface area (Å²) in [6.45, 7) is 2.07. The first-order chi connectivity index (χ1) is 4.24. The Morgan fingerprint density at radius 3 is 2.44 bits per heavy atom. The molecule has 0 N–H and O–H groups in total. The van der Waals surface area contributed by atoms with E-state index < -0.39 is 0 Å². The fraction of sp³-hybridized carbons (Fsp3) is 0.167. The lowest BCUT2D eigenvalue weighted by Crippen LogP contribution is -1.62. The monoisotopic (exact) mass is 363 g/mol. The van der Waals surface area contributed by atoms with Crippen molar-refractivity contribution < 1.29 is 0 Å². The first-order valence-corrected chi connectivity index (χ1v) is 5.45. The second-order valence-corrected chi connectivity index (χ2v) is 5.62. The molecule has 0 aliphatic heterocycles. The lowest BCUT2D eigenvalue weighted by molar-refractivity contribution is 1.51. The molecule has 1 rings (SSSR count). The summed E-state index contributed by atoms with van der Waals surface area (Å²) in [4.78, 5) is 1.36. The normalized spacial score (nSPS) is 10.1. The standard InChI is InChI=1S/C6H5I2S/c1-2-4-3-5(7)6(8)9-4/h2-3H,1H3. The van der Waals surface area contributed by atoms with Gasteiger partial charge in [-0.1, -0.05) is 6.92 Å². The van der Waals surface area contributed by atoms with Crippen LogP contribution in [-0.4, -0.2) is 0 Å². The number of hydrogen-bond donors (Lipinski definition) is 0. The SMILES string of the molecule is C[CH]c1cc(I)c(I)s1. The van der Waals surface area contributed by atoms with E-state index in [0.29, 0.717) is 0 Å². The fourth-order valence-electron chi connectivity index (χ4n) is 0.506. The van der Waals surface area contributed by atoms with Crippen molar-refractivity contribution in [3.63, 3.8) is 0 Å². The third-order valence-electron chi connectivity index (χ3n) is 0.949. The second kappa shape index (κ2) is 3.52. The van der Waals surface area contributed by atoms with E-state index in [4.69, 9.17) is 0 Å². The van der Waals surface area contributed by atoms with Gasteiger partial charge in [0.1, 0.15) is 0 Å². The van der Waals surface area contributed by atoms with E-state index in [1.165, 1.54) is 11.3 Å². The van der Waals surface area contributed by atoms with E-state index in [9.17, 15) is 0 Å². The zero-order chi connectivity index (χ0) is 6.85. The minimum atomic E-state index is 1.36. The molecule has 0 fully saturated rings. The molecule has 1 radical (unpaired) electrons. The molecule has 1 aromatic heterocycles. The van der Waals surface area contributed by atoms with E-state index in [2.05, 4.69) is 64.6 Å². The Labute approximate surface area is 86.3 Å². The van der Waals surface area contributed by atoms with Crippen LogP contribution in [0.3, 0.4) is 0 Å². The van der Waals surface area contributed by atoms with E-state index in [1.54, 1.807) is 0 Å². The van der Waals surface area contributed by atoms with Gasteiger partial charge in [0.25, 0.3) is 0 Å². The molecule has 3 heteroatoms. The molecular formula is C6H5I2S. The highest BCUT2D eigenvalue weighted by Crippen LogP contribution is 2.26. The Kier molecular flexibility index (Phi) is 3.23. The molecule has 0 atom stereocenters. The molecule has 0 unspecified atom stereocenters. The lowest BCUT2D eigenvalue weighted by atomic mass is 10.4. The van der Waals surface area contributed by atoms with Crippen LogP contribution in [0.25, 0.3) is 0 Å². The molecule has 1 aromatic rings. The molecule has 0 saturated carbocycles. The molecule has 0 nitrogen and oxygen atoms in total. The van der Waals surface area contributed by atoms with Crippen LogP contribution in [0.5, 0.6) is 0 Å². The summed E-state index contributed by atoms with van der Waals surface area (Å²) in [5.74, 6) is 0. The molecule has 0 aliphatic carbocycles. The molecule has 0 saturated heterocycles. The van der Waals surface area contributed by atoms with Crippen molar-refractivity contribution in [2.24, 2.45) is 0 Å². The molecule has 0 aliphatic rings. The maximum Gasteiger partial charge on any atom is 0.0789 e. The Bertz CT molecular complexity index is 185. The molecule has 9 heavy (non-hydrogen) atoms. The highest BCUT2D eigenvalue weighted by atomic mass is 127. The van der Waals surface area contributed by atoms with Crippen LogP contribution in [0.2, 0.25) is 0 Å². The van der Waals surface area contributed by atoms with Gasteiger partial charge in [-0.2, -0.15) is 0 Å². The van der Waals surface area contributed by atoms with Crippen molar-refractivity contribution in [3.05, 3.63) is 23.8 Å². The van der Waals surface area contributed by atoms with Crippen molar-refractivity contribution in [1.29, 1.82) is 0 Å². The van der Waals surface area contributed by atoms with Crippen LogP contribution in [-0.2, 0) is 0 Å². The first-order valence-electron chi connectivity index (χ1n) is 2.48. The Hall–Kier alpha value is 1.16. The molecular weight excluding hydrogens is 358 g/mol. The van der Waals surface area contributed by atoms with Crippen LogP contribution in [0.4, 0.5) is 0 Å². The van der Waals surface area contributed by atoms with Gasteiger partial charge in [-0.3, -0.25) is 0 Å².